The van der Waals surface area contributed by atoms with Gasteiger partial charge in [-0.25, -0.2) is 4.79 Å². The number of amides is 1. The third-order valence-corrected chi connectivity index (χ3v) is 2.32. The van der Waals surface area contributed by atoms with Gasteiger partial charge in [0.25, 0.3) is 0 Å². The summed E-state index contributed by atoms with van der Waals surface area (Å²) in [5.74, 6) is 0.605. The Bertz CT molecular complexity index is 452. The topological polar surface area (TPSA) is 56.8 Å². The largest absolute Gasteiger partial charge is 0.489 e. The molecule has 0 heterocycles. The van der Waals surface area contributed by atoms with Crippen LogP contribution < -0.4 is 10.1 Å². The van der Waals surface area contributed by atoms with Crippen LogP contribution in [0.5, 0.6) is 5.75 Å². The van der Waals surface area contributed by atoms with E-state index in [9.17, 15) is 4.79 Å². The lowest BCUT2D eigenvalue weighted by Gasteiger charge is -2.20. The van der Waals surface area contributed by atoms with E-state index in [1.807, 2.05) is 39.8 Å². The van der Waals surface area contributed by atoms with E-state index in [1.54, 1.807) is 13.2 Å². The van der Waals surface area contributed by atoms with Gasteiger partial charge in [0.15, 0.2) is 0 Å². The van der Waals surface area contributed by atoms with Gasteiger partial charge in [0.2, 0.25) is 0 Å². The molecule has 0 aromatic heterocycles. The number of methoxy groups -OCH3 is 1. The van der Waals surface area contributed by atoms with Crippen molar-refractivity contribution < 1.29 is 19.0 Å². The Morgan fingerprint density at radius 1 is 1.25 bits per heavy atom. The Hall–Kier alpha value is -1.75. The zero-order valence-electron chi connectivity index (χ0n) is 12.8. The molecule has 1 rings (SSSR count). The van der Waals surface area contributed by atoms with E-state index in [0.717, 1.165) is 5.56 Å². The molecule has 0 aliphatic rings. The maximum Gasteiger partial charge on any atom is 0.412 e. The summed E-state index contributed by atoms with van der Waals surface area (Å²) in [5, 5.41) is 2.69. The quantitative estimate of drug-likeness (QED) is 0.841. The van der Waals surface area contributed by atoms with Gasteiger partial charge in [-0.15, -0.1) is 0 Å². The molecule has 0 saturated heterocycles. The molecule has 0 spiro atoms. The molecule has 0 aliphatic heterocycles. The molecule has 20 heavy (non-hydrogen) atoms. The van der Waals surface area contributed by atoms with E-state index in [1.165, 1.54) is 0 Å². The highest BCUT2D eigenvalue weighted by molar-refractivity contribution is 5.87. The second kappa shape index (κ2) is 7.14. The minimum Gasteiger partial charge on any atom is -0.489 e. The summed E-state index contributed by atoms with van der Waals surface area (Å²) < 4.78 is 15.8. The number of carbonyl (C=O) groups is 1. The highest BCUT2D eigenvalue weighted by Gasteiger charge is 2.17. The Balaban J connectivity index is 2.75. The second-order valence-corrected chi connectivity index (χ2v) is 5.47. The molecule has 1 N–H and O–H groups in total. The summed E-state index contributed by atoms with van der Waals surface area (Å²) in [5.41, 5.74) is 1.10. The van der Waals surface area contributed by atoms with Crippen LogP contribution in [0.25, 0.3) is 0 Å². The summed E-state index contributed by atoms with van der Waals surface area (Å²) in [6.07, 6.45) is -0.502. The first-order valence-corrected chi connectivity index (χ1v) is 6.54. The number of aryl methyl sites for hydroxylation is 1. The summed E-state index contributed by atoms with van der Waals surface area (Å²) in [6.45, 7) is 8.32. The fourth-order valence-electron chi connectivity index (χ4n) is 1.50. The number of hydrogen-bond donors (Lipinski definition) is 1. The van der Waals surface area contributed by atoms with Crippen molar-refractivity contribution in [1.82, 2.24) is 0 Å². The smallest absolute Gasteiger partial charge is 0.412 e. The van der Waals surface area contributed by atoms with E-state index in [4.69, 9.17) is 14.2 Å². The van der Waals surface area contributed by atoms with E-state index < -0.39 is 11.7 Å². The van der Waals surface area contributed by atoms with Crippen LogP contribution in [0.15, 0.2) is 18.2 Å². The van der Waals surface area contributed by atoms with E-state index in [2.05, 4.69) is 5.32 Å². The van der Waals surface area contributed by atoms with Crippen molar-refractivity contribution in [1.29, 1.82) is 0 Å². The van der Waals surface area contributed by atoms with Crippen molar-refractivity contribution in [3.8, 4) is 5.75 Å². The molecule has 0 atom stereocenters. The molecular weight excluding hydrogens is 258 g/mol. The van der Waals surface area contributed by atoms with Gasteiger partial charge in [-0.05, 0) is 45.4 Å². The third-order valence-electron chi connectivity index (χ3n) is 2.32. The van der Waals surface area contributed by atoms with Crippen LogP contribution in [0, 0.1) is 6.92 Å². The van der Waals surface area contributed by atoms with Crippen molar-refractivity contribution in [2.75, 3.05) is 25.6 Å². The molecule has 5 heteroatoms. The molecule has 0 saturated carbocycles. The maximum absolute atomic E-state index is 11.8. The fourth-order valence-corrected chi connectivity index (χ4v) is 1.50. The Morgan fingerprint density at radius 2 is 1.95 bits per heavy atom. The minimum atomic E-state index is -0.536. The highest BCUT2D eigenvalue weighted by Crippen LogP contribution is 2.26. The van der Waals surface area contributed by atoms with Crippen molar-refractivity contribution >= 4 is 11.8 Å². The maximum atomic E-state index is 11.8. The molecule has 0 aliphatic carbocycles. The van der Waals surface area contributed by atoms with Gasteiger partial charge in [0.1, 0.15) is 18.0 Å². The van der Waals surface area contributed by atoms with E-state index in [0.29, 0.717) is 24.7 Å². The van der Waals surface area contributed by atoms with Crippen LogP contribution >= 0.6 is 0 Å². The van der Waals surface area contributed by atoms with Crippen LogP contribution in [0.3, 0.4) is 0 Å². The number of ether oxygens (including phenoxy) is 3. The zero-order chi connectivity index (χ0) is 15.2. The first-order chi connectivity index (χ1) is 9.31. The van der Waals surface area contributed by atoms with Crippen LogP contribution in [-0.4, -0.2) is 32.0 Å². The average molecular weight is 281 g/mol. The highest BCUT2D eigenvalue weighted by atomic mass is 16.6. The molecule has 1 aromatic rings. The molecule has 0 bridgehead atoms. The number of hydrogen-bond acceptors (Lipinski definition) is 4. The lowest BCUT2D eigenvalue weighted by Crippen LogP contribution is -2.27. The number of rotatable bonds is 5. The number of nitrogens with one attached hydrogen (secondary N) is 1. The zero-order valence-corrected chi connectivity index (χ0v) is 12.8. The minimum absolute atomic E-state index is 0.420. The SMILES string of the molecule is COCCOc1cc(C)ccc1NC(=O)OC(C)(C)C. The Morgan fingerprint density at radius 3 is 2.55 bits per heavy atom. The van der Waals surface area contributed by atoms with Crippen molar-refractivity contribution in [2.24, 2.45) is 0 Å². The van der Waals surface area contributed by atoms with Crippen LogP contribution in [0.4, 0.5) is 10.5 Å². The standard InChI is InChI=1S/C15H23NO4/c1-11-6-7-12(13(10-11)19-9-8-18-5)16-14(17)20-15(2,3)4/h6-7,10H,8-9H2,1-5H3,(H,16,17). The van der Waals surface area contributed by atoms with Gasteiger partial charge in [-0.2, -0.15) is 0 Å². The lowest BCUT2D eigenvalue weighted by molar-refractivity contribution is 0.0635. The number of anilines is 1. The molecular formula is C15H23NO4. The van der Waals surface area contributed by atoms with Gasteiger partial charge in [-0.3, -0.25) is 5.32 Å². The predicted octanol–water partition coefficient (Wildman–Crippen LogP) is 3.37. The summed E-state index contributed by atoms with van der Waals surface area (Å²) in [7, 11) is 1.61. The third kappa shape index (κ3) is 5.93. The molecule has 0 fully saturated rings. The van der Waals surface area contributed by atoms with Gasteiger partial charge < -0.3 is 14.2 Å². The monoisotopic (exact) mass is 281 g/mol. The van der Waals surface area contributed by atoms with Crippen LogP contribution in [0.2, 0.25) is 0 Å². The summed E-state index contributed by atoms with van der Waals surface area (Å²) >= 11 is 0. The van der Waals surface area contributed by atoms with Gasteiger partial charge >= 0.3 is 6.09 Å². The first-order valence-electron chi connectivity index (χ1n) is 6.54. The lowest BCUT2D eigenvalue weighted by atomic mass is 10.2. The first kappa shape index (κ1) is 16.3. The molecule has 112 valence electrons. The Kier molecular flexibility index (Phi) is 5.82. The average Bonchev–Trinajstić information content (AvgIpc) is 2.30. The number of carbonyl (C=O) groups excluding carboxylic acids is 1. The molecule has 5 nitrogen and oxygen atoms in total. The Labute approximate surface area is 120 Å². The molecule has 1 amide bonds. The second-order valence-electron chi connectivity index (χ2n) is 5.47. The normalized spacial score (nSPS) is 11.1. The van der Waals surface area contributed by atoms with Gasteiger partial charge in [0.05, 0.1) is 12.3 Å². The van der Waals surface area contributed by atoms with Crippen molar-refractivity contribution in [2.45, 2.75) is 33.3 Å². The van der Waals surface area contributed by atoms with Gasteiger partial charge in [-0.1, -0.05) is 6.07 Å². The predicted molar refractivity (Wildman–Crippen MR) is 78.4 cm³/mol. The molecule has 1 aromatic carbocycles. The number of benzene rings is 1. The molecule has 0 radical (unpaired) electrons. The fraction of sp³-hybridized carbons (Fsp3) is 0.533. The van der Waals surface area contributed by atoms with E-state index in [-0.39, 0.29) is 0 Å². The van der Waals surface area contributed by atoms with Crippen LogP contribution in [-0.2, 0) is 9.47 Å². The van der Waals surface area contributed by atoms with E-state index >= 15 is 0 Å². The van der Waals surface area contributed by atoms with Crippen molar-refractivity contribution in [3.05, 3.63) is 23.8 Å². The van der Waals surface area contributed by atoms with Crippen molar-refractivity contribution in [3.63, 3.8) is 0 Å². The molecule has 0 unspecified atom stereocenters. The summed E-state index contributed by atoms with van der Waals surface area (Å²) in [4.78, 5) is 11.8. The van der Waals surface area contributed by atoms with Gasteiger partial charge in [0, 0.05) is 7.11 Å². The summed E-state index contributed by atoms with van der Waals surface area (Å²) in [6, 6.07) is 5.56. The van der Waals surface area contributed by atoms with Crippen LogP contribution in [0.1, 0.15) is 26.3 Å².